The second kappa shape index (κ2) is 15.9. The van der Waals surface area contributed by atoms with Gasteiger partial charge in [-0.1, -0.05) is 0 Å². The summed E-state index contributed by atoms with van der Waals surface area (Å²) in [5.41, 5.74) is 10.2. The van der Waals surface area contributed by atoms with Crippen molar-refractivity contribution in [2.45, 2.75) is 38.6 Å². The van der Waals surface area contributed by atoms with Gasteiger partial charge in [-0.05, 0) is 6.92 Å². The van der Waals surface area contributed by atoms with E-state index < -0.39 is 23.9 Å². The summed E-state index contributed by atoms with van der Waals surface area (Å²) < 4.78 is 0. The summed E-state index contributed by atoms with van der Waals surface area (Å²) in [5, 5.41) is 31.6. The normalized spacial score (nSPS) is 10.0. The van der Waals surface area contributed by atoms with Crippen molar-refractivity contribution in [2.24, 2.45) is 11.5 Å². The summed E-state index contributed by atoms with van der Waals surface area (Å²) in [5.74, 6) is -4.31. The molecule has 0 aliphatic rings. The lowest BCUT2D eigenvalue weighted by Crippen LogP contribution is -2.25. The Kier molecular flexibility index (Phi) is 18.0. The molecule has 0 fully saturated rings. The summed E-state index contributed by atoms with van der Waals surface area (Å²) in [6, 6.07) is 0.162. The summed E-state index contributed by atoms with van der Waals surface area (Å²) in [4.78, 5) is 38.6. The molecule has 0 heterocycles. The first-order valence-electron chi connectivity index (χ1n) is 5.85. The lowest BCUT2D eigenvalue weighted by atomic mass is 10.3. The van der Waals surface area contributed by atoms with Crippen LogP contribution in [0.5, 0.6) is 0 Å². The summed E-state index contributed by atoms with van der Waals surface area (Å²) in [6.07, 6.45) is -1.19. The number of carbonyl (C=O) groups is 4. The van der Waals surface area contributed by atoms with Crippen LogP contribution < -0.4 is 11.5 Å². The molecule has 0 radical (unpaired) electrons. The molecule has 1 atom stereocenters. The summed E-state index contributed by atoms with van der Waals surface area (Å²) >= 11 is 0. The molecule has 1 unspecified atom stereocenters. The molecule has 0 aromatic carbocycles. The summed E-state index contributed by atoms with van der Waals surface area (Å²) in [7, 11) is 0. The maximum Gasteiger partial charge on any atom is 0.303 e. The van der Waals surface area contributed by atoms with E-state index in [1.807, 2.05) is 6.92 Å². The fourth-order valence-corrected chi connectivity index (χ4v) is 0.428. The van der Waals surface area contributed by atoms with E-state index in [1.54, 1.807) is 0 Å². The lowest BCUT2D eigenvalue weighted by molar-refractivity contribution is -0.143. The average Bonchev–Trinajstić information content (AvgIpc) is 2.35. The minimum Gasteiger partial charge on any atom is -0.481 e. The fraction of sp³-hybridized carbons (Fsp3) is 0.636. The maximum absolute atomic E-state index is 9.64. The molecule has 0 saturated carbocycles. The molecule has 124 valence electrons. The van der Waals surface area contributed by atoms with Crippen molar-refractivity contribution in [1.29, 1.82) is 0 Å². The molecule has 0 saturated heterocycles. The molecule has 0 rings (SSSR count). The van der Waals surface area contributed by atoms with E-state index in [1.165, 1.54) is 0 Å². The standard InChI is InChI=1S/2C4H6O4.C3H10N2/c2*5-3(6)1-2-4(7)8;1-3(5)2-4/h2*1-2H2,(H,5,6)(H,7,8);3H,2,4-5H2,1H3. The smallest absolute Gasteiger partial charge is 0.303 e. The van der Waals surface area contributed by atoms with Crippen LogP contribution in [0, 0.1) is 0 Å². The minimum absolute atomic E-state index is 0.162. The molecule has 0 aliphatic carbocycles. The average molecular weight is 310 g/mol. The SMILES string of the molecule is CC(N)CN.O=C(O)CCC(=O)O.O=C(O)CCC(=O)O. The number of aliphatic carboxylic acids is 4. The van der Waals surface area contributed by atoms with Gasteiger partial charge in [0.15, 0.2) is 0 Å². The Balaban J connectivity index is -0.000000239. The largest absolute Gasteiger partial charge is 0.481 e. The van der Waals surface area contributed by atoms with E-state index in [-0.39, 0.29) is 31.7 Å². The molecule has 10 heteroatoms. The summed E-state index contributed by atoms with van der Waals surface area (Å²) in [6.45, 7) is 2.46. The van der Waals surface area contributed by atoms with E-state index in [2.05, 4.69) is 0 Å². The fourth-order valence-electron chi connectivity index (χ4n) is 0.428. The van der Waals surface area contributed by atoms with Crippen molar-refractivity contribution in [1.82, 2.24) is 0 Å². The molecular formula is C11H22N2O8. The molecule has 0 aromatic rings. The van der Waals surface area contributed by atoms with Crippen LogP contribution in [0.4, 0.5) is 0 Å². The Hall–Kier alpha value is -2.20. The number of carboxylic acids is 4. The van der Waals surface area contributed by atoms with Crippen LogP contribution >= 0.6 is 0 Å². The van der Waals surface area contributed by atoms with Crippen molar-refractivity contribution < 1.29 is 39.6 Å². The predicted octanol–water partition coefficient (Wildman–Crippen LogP) is -0.836. The van der Waals surface area contributed by atoms with Gasteiger partial charge in [0.25, 0.3) is 0 Å². The van der Waals surface area contributed by atoms with Crippen LogP contribution in [0.25, 0.3) is 0 Å². The van der Waals surface area contributed by atoms with Gasteiger partial charge < -0.3 is 31.9 Å². The Bertz CT molecular complexity index is 274. The lowest BCUT2D eigenvalue weighted by Gasteiger charge is -1.92. The number of nitrogens with two attached hydrogens (primary N) is 2. The molecule has 21 heavy (non-hydrogen) atoms. The molecule has 0 bridgehead atoms. The van der Waals surface area contributed by atoms with Crippen LogP contribution in [0.2, 0.25) is 0 Å². The Morgan fingerprint density at radius 3 is 0.952 bits per heavy atom. The Morgan fingerprint density at radius 1 is 0.762 bits per heavy atom. The second-order valence-corrected chi connectivity index (χ2v) is 3.79. The molecule has 0 spiro atoms. The van der Waals surface area contributed by atoms with Gasteiger partial charge in [0, 0.05) is 12.6 Å². The van der Waals surface area contributed by atoms with Gasteiger partial charge in [0.05, 0.1) is 25.7 Å². The van der Waals surface area contributed by atoms with E-state index in [0.29, 0.717) is 6.54 Å². The Morgan fingerprint density at radius 2 is 0.905 bits per heavy atom. The van der Waals surface area contributed by atoms with Crippen molar-refractivity contribution in [3.63, 3.8) is 0 Å². The minimum atomic E-state index is -1.08. The van der Waals surface area contributed by atoms with Gasteiger partial charge in [-0.25, -0.2) is 0 Å². The molecule has 8 N–H and O–H groups in total. The first kappa shape index (κ1) is 23.9. The zero-order valence-electron chi connectivity index (χ0n) is 11.7. The number of hydrogen-bond donors (Lipinski definition) is 6. The van der Waals surface area contributed by atoms with Crippen LogP contribution in [-0.4, -0.2) is 56.9 Å². The van der Waals surface area contributed by atoms with E-state index in [0.717, 1.165) is 0 Å². The van der Waals surface area contributed by atoms with Crippen molar-refractivity contribution >= 4 is 23.9 Å². The maximum atomic E-state index is 9.64. The van der Waals surface area contributed by atoms with Gasteiger partial charge in [-0.15, -0.1) is 0 Å². The highest BCUT2D eigenvalue weighted by Crippen LogP contribution is 1.86. The van der Waals surface area contributed by atoms with Gasteiger partial charge in [0.2, 0.25) is 0 Å². The third-order valence-corrected chi connectivity index (χ3v) is 1.48. The molecule has 0 aromatic heterocycles. The molecule has 10 nitrogen and oxygen atoms in total. The third-order valence-electron chi connectivity index (χ3n) is 1.48. The topological polar surface area (TPSA) is 201 Å². The number of hydrogen-bond acceptors (Lipinski definition) is 6. The van der Waals surface area contributed by atoms with Gasteiger partial charge in [-0.2, -0.15) is 0 Å². The number of carboxylic acid groups (broad SMARTS) is 4. The van der Waals surface area contributed by atoms with E-state index in [4.69, 9.17) is 31.9 Å². The second-order valence-electron chi connectivity index (χ2n) is 3.79. The highest BCUT2D eigenvalue weighted by molar-refractivity contribution is 5.75. The van der Waals surface area contributed by atoms with Crippen LogP contribution in [0.1, 0.15) is 32.6 Å². The van der Waals surface area contributed by atoms with Crippen LogP contribution in [-0.2, 0) is 19.2 Å². The van der Waals surface area contributed by atoms with Gasteiger partial charge in [-0.3, -0.25) is 19.2 Å². The monoisotopic (exact) mass is 310 g/mol. The zero-order valence-corrected chi connectivity index (χ0v) is 11.7. The molecule has 0 aliphatic heterocycles. The van der Waals surface area contributed by atoms with Crippen molar-refractivity contribution in [2.75, 3.05) is 6.54 Å². The van der Waals surface area contributed by atoms with Gasteiger partial charge in [0.1, 0.15) is 0 Å². The first-order chi connectivity index (χ1) is 9.52. The van der Waals surface area contributed by atoms with Crippen molar-refractivity contribution in [3.8, 4) is 0 Å². The van der Waals surface area contributed by atoms with Gasteiger partial charge >= 0.3 is 23.9 Å². The van der Waals surface area contributed by atoms with E-state index in [9.17, 15) is 19.2 Å². The molecular weight excluding hydrogens is 288 g/mol. The highest BCUT2D eigenvalue weighted by atomic mass is 16.4. The third kappa shape index (κ3) is 46.3. The highest BCUT2D eigenvalue weighted by Gasteiger charge is 2.01. The zero-order chi connectivity index (χ0) is 17.4. The van der Waals surface area contributed by atoms with E-state index >= 15 is 0 Å². The predicted molar refractivity (Wildman–Crippen MR) is 71.7 cm³/mol. The van der Waals surface area contributed by atoms with Crippen LogP contribution in [0.15, 0.2) is 0 Å². The molecule has 0 amide bonds. The van der Waals surface area contributed by atoms with Crippen molar-refractivity contribution in [3.05, 3.63) is 0 Å². The Labute approximate surface area is 121 Å². The number of rotatable bonds is 7. The quantitative estimate of drug-likeness (QED) is 0.344. The van der Waals surface area contributed by atoms with Crippen LogP contribution in [0.3, 0.4) is 0 Å². The first-order valence-corrected chi connectivity index (χ1v) is 5.85.